The van der Waals surface area contributed by atoms with E-state index in [-0.39, 0.29) is 5.82 Å². The number of allylic oxidation sites excluding steroid dienone is 2. The third kappa shape index (κ3) is 5.31. The Labute approximate surface area is 164 Å². The number of benzene rings is 2. The van der Waals surface area contributed by atoms with E-state index in [1.807, 2.05) is 6.07 Å². The number of hydrogen-bond acceptors (Lipinski definition) is 0. The molecule has 0 unspecified atom stereocenters. The van der Waals surface area contributed by atoms with Crippen molar-refractivity contribution in [1.29, 1.82) is 0 Å². The maximum absolute atomic E-state index is 14.8. The van der Waals surface area contributed by atoms with Crippen molar-refractivity contribution in [1.82, 2.24) is 0 Å². The molecule has 1 heteroatoms. The van der Waals surface area contributed by atoms with Gasteiger partial charge < -0.3 is 0 Å². The fraction of sp³-hybridized carbons (Fsp3) is 0.462. The molecule has 1 fully saturated rings. The van der Waals surface area contributed by atoms with Crippen LogP contribution in [0, 0.1) is 11.7 Å². The maximum atomic E-state index is 14.8. The molecule has 1 aliphatic carbocycles. The van der Waals surface area contributed by atoms with Crippen LogP contribution in [0.25, 0.3) is 11.1 Å². The standard InChI is InChI=1S/C26H33F/c1-3-5-6-8-21-9-13-22(14-10-21)24-17-18-25(26(27)19-24)23-15-11-20(7-4-2)12-16-23/h3,5,9-10,13-14,17-20,23H,4,6-8,11-12,15-16H2,1-2H3/b5-3+. The molecule has 2 aromatic carbocycles. The third-order valence-electron chi connectivity index (χ3n) is 6.11. The topological polar surface area (TPSA) is 0 Å². The number of hydrogen-bond donors (Lipinski definition) is 0. The average Bonchev–Trinajstić information content (AvgIpc) is 2.70. The van der Waals surface area contributed by atoms with Crippen LogP contribution in [0.5, 0.6) is 0 Å². The summed E-state index contributed by atoms with van der Waals surface area (Å²) in [7, 11) is 0. The van der Waals surface area contributed by atoms with E-state index in [4.69, 9.17) is 0 Å². The smallest absolute Gasteiger partial charge is 0.127 e. The molecule has 2 aromatic rings. The highest BCUT2D eigenvalue weighted by molar-refractivity contribution is 5.64. The van der Waals surface area contributed by atoms with Gasteiger partial charge in [0, 0.05) is 0 Å². The molecule has 0 atom stereocenters. The van der Waals surface area contributed by atoms with Gasteiger partial charge in [0.25, 0.3) is 0 Å². The van der Waals surface area contributed by atoms with Crippen molar-refractivity contribution in [3.63, 3.8) is 0 Å². The first-order valence-electron chi connectivity index (χ1n) is 10.7. The van der Waals surface area contributed by atoms with Crippen molar-refractivity contribution in [3.05, 3.63) is 71.6 Å². The zero-order chi connectivity index (χ0) is 19.1. The largest absolute Gasteiger partial charge is 0.207 e. The molecule has 27 heavy (non-hydrogen) atoms. The minimum atomic E-state index is -0.0244. The summed E-state index contributed by atoms with van der Waals surface area (Å²) < 4.78 is 14.8. The molecule has 0 spiro atoms. The minimum absolute atomic E-state index is 0.0244. The van der Waals surface area contributed by atoms with Crippen LogP contribution in [0.4, 0.5) is 4.39 Å². The predicted octanol–water partition coefficient (Wildman–Crippen LogP) is 8.08. The van der Waals surface area contributed by atoms with E-state index in [9.17, 15) is 4.39 Å². The normalized spacial score (nSPS) is 20.3. The van der Waals surface area contributed by atoms with E-state index in [1.165, 1.54) is 31.2 Å². The molecule has 144 valence electrons. The Morgan fingerprint density at radius 1 is 0.963 bits per heavy atom. The lowest BCUT2D eigenvalue weighted by molar-refractivity contribution is 0.304. The average molecular weight is 365 g/mol. The van der Waals surface area contributed by atoms with Crippen molar-refractivity contribution < 1.29 is 4.39 Å². The Hall–Kier alpha value is -1.89. The highest BCUT2D eigenvalue weighted by atomic mass is 19.1. The lowest BCUT2D eigenvalue weighted by Gasteiger charge is -2.29. The first kappa shape index (κ1) is 19.9. The molecule has 1 aliphatic rings. The first-order chi connectivity index (χ1) is 13.2. The van der Waals surface area contributed by atoms with Crippen LogP contribution in [0.15, 0.2) is 54.6 Å². The van der Waals surface area contributed by atoms with Gasteiger partial charge >= 0.3 is 0 Å². The predicted molar refractivity (Wildman–Crippen MR) is 115 cm³/mol. The van der Waals surface area contributed by atoms with Gasteiger partial charge in [-0.15, -0.1) is 0 Å². The molecule has 0 saturated heterocycles. The Bertz CT molecular complexity index is 733. The van der Waals surface area contributed by atoms with Crippen LogP contribution in [0.2, 0.25) is 0 Å². The highest BCUT2D eigenvalue weighted by Gasteiger charge is 2.24. The molecule has 0 radical (unpaired) electrons. The lowest BCUT2D eigenvalue weighted by Crippen LogP contribution is -2.14. The second-order valence-electron chi connectivity index (χ2n) is 8.05. The Kier molecular flexibility index (Phi) is 7.26. The molecular weight excluding hydrogens is 331 g/mol. The molecule has 0 amide bonds. The molecule has 3 rings (SSSR count). The summed E-state index contributed by atoms with van der Waals surface area (Å²) in [5.74, 6) is 1.24. The summed E-state index contributed by atoms with van der Waals surface area (Å²) >= 11 is 0. The Balaban J connectivity index is 1.66. The zero-order valence-corrected chi connectivity index (χ0v) is 16.9. The third-order valence-corrected chi connectivity index (χ3v) is 6.11. The second kappa shape index (κ2) is 9.88. The van der Waals surface area contributed by atoms with Crippen molar-refractivity contribution in [3.8, 4) is 11.1 Å². The van der Waals surface area contributed by atoms with E-state index < -0.39 is 0 Å². The van der Waals surface area contributed by atoms with Gasteiger partial charge in [0.05, 0.1) is 0 Å². The van der Waals surface area contributed by atoms with E-state index in [1.54, 1.807) is 6.07 Å². The summed E-state index contributed by atoms with van der Waals surface area (Å²) in [6, 6.07) is 14.5. The molecule has 0 N–H and O–H groups in total. The fourth-order valence-electron chi connectivity index (χ4n) is 4.49. The molecule has 1 saturated carbocycles. The summed E-state index contributed by atoms with van der Waals surface area (Å²) in [4.78, 5) is 0. The molecular formula is C26H33F. The van der Waals surface area contributed by atoms with Crippen molar-refractivity contribution in [2.75, 3.05) is 0 Å². The van der Waals surface area contributed by atoms with Crippen LogP contribution in [-0.4, -0.2) is 0 Å². The fourth-order valence-corrected chi connectivity index (χ4v) is 4.49. The number of aryl methyl sites for hydroxylation is 1. The Morgan fingerprint density at radius 3 is 2.30 bits per heavy atom. The van der Waals surface area contributed by atoms with Crippen molar-refractivity contribution in [2.24, 2.45) is 5.92 Å². The van der Waals surface area contributed by atoms with Crippen molar-refractivity contribution >= 4 is 0 Å². The molecule has 0 aromatic heterocycles. The van der Waals surface area contributed by atoms with Gasteiger partial charge in [-0.3, -0.25) is 0 Å². The molecule has 0 nitrogen and oxygen atoms in total. The van der Waals surface area contributed by atoms with E-state index in [2.05, 4.69) is 56.3 Å². The van der Waals surface area contributed by atoms with Gasteiger partial charge in [-0.1, -0.05) is 68.3 Å². The summed E-state index contributed by atoms with van der Waals surface area (Å²) in [6.45, 7) is 4.32. The summed E-state index contributed by atoms with van der Waals surface area (Å²) in [5, 5.41) is 0. The van der Waals surface area contributed by atoms with Gasteiger partial charge in [0.2, 0.25) is 0 Å². The van der Waals surface area contributed by atoms with Gasteiger partial charge in [-0.2, -0.15) is 0 Å². The Morgan fingerprint density at radius 2 is 1.67 bits per heavy atom. The second-order valence-corrected chi connectivity index (χ2v) is 8.05. The van der Waals surface area contributed by atoms with E-state index in [0.29, 0.717) is 5.92 Å². The number of halogens is 1. The van der Waals surface area contributed by atoms with Crippen LogP contribution in [0.3, 0.4) is 0 Å². The van der Waals surface area contributed by atoms with Gasteiger partial charge in [-0.05, 0) is 85.6 Å². The minimum Gasteiger partial charge on any atom is -0.207 e. The molecule has 0 bridgehead atoms. The van der Waals surface area contributed by atoms with E-state index >= 15 is 0 Å². The quantitative estimate of drug-likeness (QED) is 0.436. The van der Waals surface area contributed by atoms with Crippen LogP contribution in [0.1, 0.15) is 75.8 Å². The first-order valence-corrected chi connectivity index (χ1v) is 10.7. The molecule has 0 heterocycles. The van der Waals surface area contributed by atoms with Crippen LogP contribution in [-0.2, 0) is 6.42 Å². The summed E-state index contributed by atoms with van der Waals surface area (Å²) in [5.41, 5.74) is 4.34. The van der Waals surface area contributed by atoms with Crippen LogP contribution < -0.4 is 0 Å². The monoisotopic (exact) mass is 364 g/mol. The van der Waals surface area contributed by atoms with Crippen LogP contribution >= 0.6 is 0 Å². The SMILES string of the molecule is C/C=C/CCc1ccc(-c2ccc(C3CCC(CCC)CC3)c(F)c2)cc1. The maximum Gasteiger partial charge on any atom is 0.127 e. The highest BCUT2D eigenvalue weighted by Crippen LogP contribution is 2.39. The van der Waals surface area contributed by atoms with Gasteiger partial charge in [-0.25, -0.2) is 4.39 Å². The molecule has 0 aliphatic heterocycles. The van der Waals surface area contributed by atoms with Crippen molar-refractivity contribution in [2.45, 2.75) is 71.1 Å². The van der Waals surface area contributed by atoms with Gasteiger partial charge in [0.1, 0.15) is 5.82 Å². The lowest BCUT2D eigenvalue weighted by atomic mass is 9.77. The zero-order valence-electron chi connectivity index (χ0n) is 16.9. The number of rotatable bonds is 7. The van der Waals surface area contributed by atoms with E-state index in [0.717, 1.165) is 48.3 Å². The summed E-state index contributed by atoms with van der Waals surface area (Å²) in [6.07, 6.45) is 13.8. The van der Waals surface area contributed by atoms with Gasteiger partial charge in [0.15, 0.2) is 0 Å².